The van der Waals surface area contributed by atoms with E-state index in [0.717, 1.165) is 55.2 Å². The van der Waals surface area contributed by atoms with Crippen molar-refractivity contribution in [2.45, 2.75) is 0 Å². The first-order valence-corrected chi connectivity index (χ1v) is 15.6. The number of hydrogen-bond acceptors (Lipinski definition) is 3. The van der Waals surface area contributed by atoms with Crippen LogP contribution in [0, 0.1) is 0 Å². The molecule has 0 aliphatic heterocycles. The smallest absolute Gasteiger partial charge is 0.0972 e. The summed E-state index contributed by atoms with van der Waals surface area (Å²) in [5.74, 6) is 0. The lowest BCUT2D eigenvalue weighted by Crippen LogP contribution is -1.90. The zero-order chi connectivity index (χ0) is 30.2. The van der Waals surface area contributed by atoms with Gasteiger partial charge in [-0.2, -0.15) is 0 Å². The minimum atomic E-state index is 0.932. The molecule has 0 saturated heterocycles. The van der Waals surface area contributed by atoms with Gasteiger partial charge in [0.15, 0.2) is 0 Å². The maximum atomic E-state index is 5.20. The quantitative estimate of drug-likeness (QED) is 0.190. The Hall–Kier alpha value is -6.19. The maximum absolute atomic E-state index is 5.20. The molecule has 0 saturated carbocycles. The fourth-order valence-electron chi connectivity index (χ4n) is 7.18. The second-order valence-electron chi connectivity index (χ2n) is 12.0. The Morgan fingerprint density at radius 1 is 0.304 bits per heavy atom. The van der Waals surface area contributed by atoms with Crippen molar-refractivity contribution in [1.82, 2.24) is 15.0 Å². The van der Waals surface area contributed by atoms with Gasteiger partial charge in [-0.1, -0.05) is 115 Å². The second-order valence-corrected chi connectivity index (χ2v) is 12.0. The standard InChI is InChI=1S/C43H25N3/c1-2-8-32-26(6-1)11-12-28-17-21-39(45-41(28)32)30-15-19-35-36-20-16-31(25-38(36)34-10-4-3-9-33(34)37(35)24-30)40-22-18-29-14-13-27-7-5-23-44-42(27)43(29)46-40/h1-25H. The highest BCUT2D eigenvalue weighted by molar-refractivity contribution is 6.26. The van der Waals surface area contributed by atoms with Gasteiger partial charge in [-0.3, -0.25) is 4.98 Å². The number of benzene rings is 7. The van der Waals surface area contributed by atoms with E-state index in [0.29, 0.717) is 0 Å². The Labute approximate surface area is 264 Å². The third-order valence-corrected chi connectivity index (χ3v) is 9.45. The molecule has 3 heterocycles. The highest BCUT2D eigenvalue weighted by Gasteiger charge is 2.13. The molecule has 0 spiro atoms. The molecule has 0 bridgehead atoms. The van der Waals surface area contributed by atoms with Crippen LogP contribution in [0.4, 0.5) is 0 Å². The fourth-order valence-corrected chi connectivity index (χ4v) is 7.18. The molecular weight excluding hydrogens is 558 g/mol. The van der Waals surface area contributed by atoms with E-state index in [4.69, 9.17) is 9.97 Å². The molecule has 0 fully saturated rings. The van der Waals surface area contributed by atoms with Crippen molar-refractivity contribution in [2.75, 3.05) is 0 Å². The lowest BCUT2D eigenvalue weighted by molar-refractivity contribution is 1.37. The average molecular weight is 584 g/mol. The lowest BCUT2D eigenvalue weighted by atomic mass is 9.91. The summed E-state index contributed by atoms with van der Waals surface area (Å²) < 4.78 is 0. The summed E-state index contributed by atoms with van der Waals surface area (Å²) in [6.07, 6.45) is 1.84. The summed E-state index contributed by atoms with van der Waals surface area (Å²) >= 11 is 0. The van der Waals surface area contributed by atoms with E-state index in [1.165, 1.54) is 43.1 Å². The van der Waals surface area contributed by atoms with Crippen molar-refractivity contribution in [3.8, 4) is 22.5 Å². The van der Waals surface area contributed by atoms with Gasteiger partial charge in [0.05, 0.1) is 27.9 Å². The van der Waals surface area contributed by atoms with Crippen LogP contribution in [0.2, 0.25) is 0 Å². The van der Waals surface area contributed by atoms with Crippen molar-refractivity contribution in [3.05, 3.63) is 152 Å². The van der Waals surface area contributed by atoms with E-state index in [1.54, 1.807) is 0 Å². The molecule has 0 radical (unpaired) electrons. The van der Waals surface area contributed by atoms with Gasteiger partial charge >= 0.3 is 0 Å². The summed E-state index contributed by atoms with van der Waals surface area (Å²) in [4.78, 5) is 15.0. The Morgan fingerprint density at radius 3 is 1.46 bits per heavy atom. The molecular formula is C43H25N3. The zero-order valence-corrected chi connectivity index (χ0v) is 24.8. The van der Waals surface area contributed by atoms with E-state index in [9.17, 15) is 0 Å². The largest absolute Gasteiger partial charge is 0.254 e. The van der Waals surface area contributed by atoms with E-state index in [2.05, 4.69) is 145 Å². The summed E-state index contributed by atoms with van der Waals surface area (Å²) in [5.41, 5.74) is 7.04. The van der Waals surface area contributed by atoms with Crippen LogP contribution in [-0.4, -0.2) is 15.0 Å². The minimum Gasteiger partial charge on any atom is -0.254 e. The number of aromatic nitrogens is 3. The topological polar surface area (TPSA) is 38.7 Å². The predicted molar refractivity (Wildman–Crippen MR) is 193 cm³/mol. The van der Waals surface area contributed by atoms with Crippen molar-refractivity contribution in [1.29, 1.82) is 0 Å². The molecule has 3 aromatic heterocycles. The molecule has 212 valence electrons. The van der Waals surface area contributed by atoms with Gasteiger partial charge < -0.3 is 0 Å². The Morgan fingerprint density at radius 2 is 0.783 bits per heavy atom. The molecule has 46 heavy (non-hydrogen) atoms. The van der Waals surface area contributed by atoms with E-state index in [1.807, 2.05) is 12.3 Å². The first-order valence-electron chi connectivity index (χ1n) is 15.6. The fraction of sp³-hybridized carbons (Fsp3) is 0. The molecule has 0 aliphatic carbocycles. The molecule has 3 nitrogen and oxygen atoms in total. The molecule has 0 aliphatic rings. The molecule has 0 unspecified atom stereocenters. The summed E-state index contributed by atoms with van der Waals surface area (Å²) in [6.45, 7) is 0. The van der Waals surface area contributed by atoms with Crippen LogP contribution >= 0.6 is 0 Å². The molecule has 0 N–H and O–H groups in total. The van der Waals surface area contributed by atoms with Gasteiger partial charge in [0.1, 0.15) is 0 Å². The van der Waals surface area contributed by atoms with Crippen LogP contribution in [0.3, 0.4) is 0 Å². The van der Waals surface area contributed by atoms with Crippen molar-refractivity contribution >= 4 is 75.8 Å². The summed E-state index contributed by atoms with van der Waals surface area (Å²) in [7, 11) is 0. The first-order chi connectivity index (χ1) is 22.8. The third-order valence-electron chi connectivity index (χ3n) is 9.45. The third kappa shape index (κ3) is 3.75. The predicted octanol–water partition coefficient (Wildman–Crippen LogP) is 11.3. The Balaban J connectivity index is 1.17. The van der Waals surface area contributed by atoms with E-state index < -0.39 is 0 Å². The Bertz CT molecular complexity index is 2650. The zero-order valence-electron chi connectivity index (χ0n) is 24.8. The lowest BCUT2D eigenvalue weighted by Gasteiger charge is -2.14. The molecule has 10 aromatic rings. The van der Waals surface area contributed by atoms with Crippen LogP contribution in [0.1, 0.15) is 0 Å². The molecule has 0 atom stereocenters. The van der Waals surface area contributed by atoms with Crippen LogP contribution in [0.5, 0.6) is 0 Å². The van der Waals surface area contributed by atoms with E-state index in [-0.39, 0.29) is 0 Å². The monoisotopic (exact) mass is 583 g/mol. The normalized spacial score (nSPS) is 11.9. The van der Waals surface area contributed by atoms with Gasteiger partial charge in [0.2, 0.25) is 0 Å². The van der Waals surface area contributed by atoms with Crippen LogP contribution in [0.15, 0.2) is 152 Å². The highest BCUT2D eigenvalue weighted by Crippen LogP contribution is 2.39. The maximum Gasteiger partial charge on any atom is 0.0972 e. The highest BCUT2D eigenvalue weighted by atomic mass is 14.8. The first kappa shape index (κ1) is 25.2. The van der Waals surface area contributed by atoms with Gasteiger partial charge in [-0.05, 0) is 68.0 Å². The van der Waals surface area contributed by atoms with E-state index >= 15 is 0 Å². The number of nitrogens with zero attached hydrogens (tertiary/aromatic N) is 3. The van der Waals surface area contributed by atoms with Crippen molar-refractivity contribution in [3.63, 3.8) is 0 Å². The molecule has 7 aromatic carbocycles. The molecule has 0 amide bonds. The Kier molecular flexibility index (Phi) is 5.28. The summed E-state index contributed by atoms with van der Waals surface area (Å²) in [5, 5.41) is 13.1. The molecule has 10 rings (SSSR count). The van der Waals surface area contributed by atoms with Crippen LogP contribution in [0.25, 0.3) is 98.3 Å². The number of pyridine rings is 3. The van der Waals surface area contributed by atoms with Crippen LogP contribution in [-0.2, 0) is 0 Å². The number of fused-ring (bicyclic) bond motifs is 12. The van der Waals surface area contributed by atoms with Gasteiger partial charge in [0.25, 0.3) is 0 Å². The molecule has 3 heteroatoms. The van der Waals surface area contributed by atoms with Gasteiger partial charge in [-0.15, -0.1) is 0 Å². The van der Waals surface area contributed by atoms with Crippen LogP contribution < -0.4 is 0 Å². The van der Waals surface area contributed by atoms with Crippen molar-refractivity contribution < 1.29 is 0 Å². The minimum absolute atomic E-state index is 0.932. The van der Waals surface area contributed by atoms with Crippen molar-refractivity contribution in [2.24, 2.45) is 0 Å². The number of hydrogen-bond donors (Lipinski definition) is 0. The number of rotatable bonds is 2. The summed E-state index contributed by atoms with van der Waals surface area (Å²) in [6, 6.07) is 52.0. The average Bonchev–Trinajstić information content (AvgIpc) is 3.14. The second kappa shape index (κ2) is 9.65. The van der Waals surface area contributed by atoms with Gasteiger partial charge in [-0.25, -0.2) is 9.97 Å². The SMILES string of the molecule is c1ccc2c(c1)ccc1ccc(-c3ccc4c5ccc(-c6ccc7ccc8cccnc8c7n6)cc5c5ccccc5c4c3)nc12. The van der Waals surface area contributed by atoms with Gasteiger partial charge in [0, 0.05) is 38.9 Å².